The van der Waals surface area contributed by atoms with Crippen LogP contribution in [0.4, 0.5) is 4.79 Å². The van der Waals surface area contributed by atoms with Gasteiger partial charge in [0.25, 0.3) is 0 Å². The van der Waals surface area contributed by atoms with Gasteiger partial charge in [0, 0.05) is 25.3 Å². The van der Waals surface area contributed by atoms with E-state index in [4.69, 9.17) is 9.47 Å². The van der Waals surface area contributed by atoms with Gasteiger partial charge in [0.2, 0.25) is 0 Å². The van der Waals surface area contributed by atoms with E-state index < -0.39 is 12.0 Å². The first-order valence-corrected chi connectivity index (χ1v) is 8.93. The summed E-state index contributed by atoms with van der Waals surface area (Å²) in [5, 5.41) is 5.70. The topological polar surface area (TPSA) is 79.9 Å². The van der Waals surface area contributed by atoms with E-state index >= 15 is 0 Å². The highest BCUT2D eigenvalue weighted by Gasteiger charge is 2.35. The molecule has 2 heterocycles. The van der Waals surface area contributed by atoms with Gasteiger partial charge < -0.3 is 20.1 Å². The summed E-state index contributed by atoms with van der Waals surface area (Å²) in [4.78, 5) is 27.2. The molecule has 1 fully saturated rings. The molecular weight excluding hydrogens is 334 g/mol. The third-order valence-electron chi connectivity index (χ3n) is 4.63. The van der Waals surface area contributed by atoms with E-state index in [1.54, 1.807) is 6.92 Å². The van der Waals surface area contributed by atoms with Crippen LogP contribution in [0.2, 0.25) is 0 Å². The Kier molecular flexibility index (Phi) is 5.90. The number of amides is 2. The Morgan fingerprint density at radius 2 is 2.04 bits per heavy atom. The summed E-state index contributed by atoms with van der Waals surface area (Å²) in [5.74, 6) is -0.406. The molecule has 0 spiro atoms. The van der Waals surface area contributed by atoms with E-state index in [-0.39, 0.29) is 12.6 Å². The third-order valence-corrected chi connectivity index (χ3v) is 4.63. The van der Waals surface area contributed by atoms with Gasteiger partial charge in [0.05, 0.1) is 31.4 Å². The molecule has 7 nitrogen and oxygen atoms in total. The molecule has 2 aliphatic rings. The van der Waals surface area contributed by atoms with Crippen LogP contribution in [-0.4, -0.2) is 56.4 Å². The first kappa shape index (κ1) is 18.4. The second-order valence-electron chi connectivity index (χ2n) is 6.39. The fourth-order valence-electron chi connectivity index (χ4n) is 3.32. The smallest absolute Gasteiger partial charge is 0.338 e. The number of hydrogen-bond acceptors (Lipinski definition) is 5. The Balaban J connectivity index is 2.00. The van der Waals surface area contributed by atoms with Crippen LogP contribution in [0.1, 0.15) is 24.1 Å². The maximum absolute atomic E-state index is 12.7. The molecule has 140 valence electrons. The summed E-state index contributed by atoms with van der Waals surface area (Å²) in [7, 11) is 0. The van der Waals surface area contributed by atoms with E-state index in [9.17, 15) is 9.59 Å². The SMILES string of the molecule is CCOC(=O)C1=C(CN2CCOCC2)NC(=O)N[C@@H]1c1ccccc1C. The van der Waals surface area contributed by atoms with Crippen molar-refractivity contribution in [2.45, 2.75) is 19.9 Å². The van der Waals surface area contributed by atoms with Crippen molar-refractivity contribution in [2.75, 3.05) is 39.5 Å². The van der Waals surface area contributed by atoms with Gasteiger partial charge in [-0.1, -0.05) is 24.3 Å². The lowest BCUT2D eigenvalue weighted by Gasteiger charge is -2.33. The molecule has 0 radical (unpaired) electrons. The van der Waals surface area contributed by atoms with Gasteiger partial charge in [0.15, 0.2) is 0 Å². The average Bonchev–Trinajstić information content (AvgIpc) is 2.62. The number of hydrogen-bond donors (Lipinski definition) is 2. The monoisotopic (exact) mass is 359 g/mol. The van der Waals surface area contributed by atoms with Crippen molar-refractivity contribution in [3.8, 4) is 0 Å². The van der Waals surface area contributed by atoms with Crippen LogP contribution in [-0.2, 0) is 14.3 Å². The van der Waals surface area contributed by atoms with Crippen molar-refractivity contribution >= 4 is 12.0 Å². The Morgan fingerprint density at radius 1 is 1.31 bits per heavy atom. The number of carbonyl (C=O) groups excluding carboxylic acids is 2. The van der Waals surface area contributed by atoms with Gasteiger partial charge >= 0.3 is 12.0 Å². The summed E-state index contributed by atoms with van der Waals surface area (Å²) in [6.45, 7) is 7.32. The largest absolute Gasteiger partial charge is 0.463 e. The van der Waals surface area contributed by atoms with Gasteiger partial charge in [-0.2, -0.15) is 0 Å². The summed E-state index contributed by atoms with van der Waals surface area (Å²) >= 11 is 0. The number of morpholine rings is 1. The number of nitrogens with zero attached hydrogens (tertiary/aromatic N) is 1. The number of ether oxygens (including phenoxy) is 2. The zero-order valence-electron chi connectivity index (χ0n) is 15.2. The highest BCUT2D eigenvalue weighted by Crippen LogP contribution is 2.30. The van der Waals surface area contributed by atoms with E-state index in [0.717, 1.165) is 24.2 Å². The van der Waals surface area contributed by atoms with Crippen LogP contribution in [0.3, 0.4) is 0 Å². The average molecular weight is 359 g/mol. The van der Waals surface area contributed by atoms with Crippen molar-refractivity contribution in [3.63, 3.8) is 0 Å². The molecule has 2 N–H and O–H groups in total. The first-order chi connectivity index (χ1) is 12.6. The molecule has 2 amide bonds. The second kappa shape index (κ2) is 8.33. The number of benzene rings is 1. The van der Waals surface area contributed by atoms with Crippen molar-refractivity contribution < 1.29 is 19.1 Å². The Morgan fingerprint density at radius 3 is 2.73 bits per heavy atom. The van der Waals surface area contributed by atoms with Crippen LogP contribution in [0.15, 0.2) is 35.5 Å². The fraction of sp³-hybridized carbons (Fsp3) is 0.474. The van der Waals surface area contributed by atoms with Crippen molar-refractivity contribution in [1.82, 2.24) is 15.5 Å². The molecule has 1 aromatic rings. The molecule has 1 saturated heterocycles. The van der Waals surface area contributed by atoms with Gasteiger partial charge in [-0.25, -0.2) is 9.59 Å². The van der Waals surface area contributed by atoms with Gasteiger partial charge in [-0.15, -0.1) is 0 Å². The minimum absolute atomic E-state index is 0.279. The molecular formula is C19H25N3O4. The zero-order valence-corrected chi connectivity index (χ0v) is 15.2. The van der Waals surface area contributed by atoms with Crippen molar-refractivity contribution in [1.29, 1.82) is 0 Å². The lowest BCUT2D eigenvalue weighted by Crippen LogP contribution is -2.49. The normalized spacial score (nSPS) is 21.2. The predicted octanol–water partition coefficient (Wildman–Crippen LogP) is 1.50. The van der Waals surface area contributed by atoms with E-state index in [1.165, 1.54) is 0 Å². The number of aryl methyl sites for hydroxylation is 1. The molecule has 7 heteroatoms. The third kappa shape index (κ3) is 4.05. The molecule has 0 saturated carbocycles. The van der Waals surface area contributed by atoms with Crippen LogP contribution in [0.5, 0.6) is 0 Å². The van der Waals surface area contributed by atoms with Gasteiger partial charge in [0.1, 0.15) is 0 Å². The highest BCUT2D eigenvalue weighted by atomic mass is 16.5. The van der Waals surface area contributed by atoms with E-state index in [0.29, 0.717) is 31.0 Å². The number of urea groups is 1. The molecule has 0 aromatic heterocycles. The molecule has 0 aliphatic carbocycles. The standard InChI is InChI=1S/C19H25N3O4/c1-3-26-18(23)16-15(12-22-8-10-25-11-9-22)20-19(24)21-17(16)14-7-5-4-6-13(14)2/h4-7,17H,3,8-12H2,1-2H3,(H2,20,21,24)/t17-/m1/s1. The molecule has 2 aliphatic heterocycles. The fourth-order valence-corrected chi connectivity index (χ4v) is 3.32. The maximum atomic E-state index is 12.7. The lowest BCUT2D eigenvalue weighted by atomic mass is 9.92. The van der Waals surface area contributed by atoms with Gasteiger partial charge in [-0.3, -0.25) is 4.90 Å². The predicted molar refractivity (Wildman–Crippen MR) is 96.5 cm³/mol. The Hall–Kier alpha value is -2.38. The zero-order chi connectivity index (χ0) is 18.5. The summed E-state index contributed by atoms with van der Waals surface area (Å²) in [6, 6.07) is 6.89. The second-order valence-corrected chi connectivity index (χ2v) is 6.39. The summed E-state index contributed by atoms with van der Waals surface area (Å²) in [6.07, 6.45) is 0. The summed E-state index contributed by atoms with van der Waals surface area (Å²) in [5.41, 5.74) is 2.96. The molecule has 26 heavy (non-hydrogen) atoms. The molecule has 0 bridgehead atoms. The number of carbonyl (C=O) groups is 2. The minimum Gasteiger partial charge on any atom is -0.463 e. The van der Waals surface area contributed by atoms with Crippen LogP contribution in [0.25, 0.3) is 0 Å². The Bertz CT molecular complexity index is 710. The number of esters is 1. The van der Waals surface area contributed by atoms with Crippen LogP contribution >= 0.6 is 0 Å². The molecule has 0 unspecified atom stereocenters. The highest BCUT2D eigenvalue weighted by molar-refractivity contribution is 5.95. The number of nitrogens with one attached hydrogen (secondary N) is 2. The quantitative estimate of drug-likeness (QED) is 0.779. The maximum Gasteiger partial charge on any atom is 0.338 e. The van der Waals surface area contributed by atoms with Crippen LogP contribution < -0.4 is 10.6 Å². The molecule has 1 atom stereocenters. The number of rotatable bonds is 5. The van der Waals surface area contributed by atoms with E-state index in [2.05, 4.69) is 15.5 Å². The summed E-state index contributed by atoms with van der Waals surface area (Å²) < 4.78 is 10.7. The molecule has 1 aromatic carbocycles. The van der Waals surface area contributed by atoms with Crippen molar-refractivity contribution in [3.05, 3.63) is 46.7 Å². The van der Waals surface area contributed by atoms with Crippen LogP contribution in [0, 0.1) is 6.92 Å². The minimum atomic E-state index is -0.528. The van der Waals surface area contributed by atoms with E-state index in [1.807, 2.05) is 31.2 Å². The lowest BCUT2D eigenvalue weighted by molar-refractivity contribution is -0.139. The first-order valence-electron chi connectivity index (χ1n) is 8.93. The van der Waals surface area contributed by atoms with Crippen molar-refractivity contribution in [2.24, 2.45) is 0 Å². The molecule has 3 rings (SSSR count). The van der Waals surface area contributed by atoms with Gasteiger partial charge in [-0.05, 0) is 25.0 Å². The Labute approximate surface area is 153 Å².